The fourth-order valence-corrected chi connectivity index (χ4v) is 0.973. The molecule has 2 N–H and O–H groups in total. The average molecular weight is 193 g/mol. The van der Waals surface area contributed by atoms with E-state index < -0.39 is 17.5 Å². The molecule has 1 rings (SSSR count). The molecule has 0 aromatic heterocycles. The number of hydrogen-bond acceptors (Lipinski definition) is 5. The second-order valence-corrected chi connectivity index (χ2v) is 2.46. The SMILES string of the molecule is COC(=O)c1ccc(O)c(O)c1C#N. The number of carbonyl (C=O) groups is 1. The van der Waals surface area contributed by atoms with Gasteiger partial charge in [-0.3, -0.25) is 0 Å². The van der Waals surface area contributed by atoms with Crippen LogP contribution in [0.15, 0.2) is 12.1 Å². The first-order chi connectivity index (χ1) is 6.61. The number of methoxy groups -OCH3 is 1. The Bertz CT molecular complexity index is 420. The van der Waals surface area contributed by atoms with Crippen molar-refractivity contribution in [1.82, 2.24) is 0 Å². The van der Waals surface area contributed by atoms with E-state index in [1.807, 2.05) is 0 Å². The van der Waals surface area contributed by atoms with Crippen molar-refractivity contribution in [2.75, 3.05) is 7.11 Å². The molecule has 0 saturated carbocycles. The highest BCUT2D eigenvalue weighted by Gasteiger charge is 2.17. The van der Waals surface area contributed by atoms with Gasteiger partial charge in [0.05, 0.1) is 12.7 Å². The summed E-state index contributed by atoms with van der Waals surface area (Å²) in [7, 11) is 1.16. The number of rotatable bonds is 1. The lowest BCUT2D eigenvalue weighted by atomic mass is 10.1. The van der Waals surface area contributed by atoms with Crippen LogP contribution >= 0.6 is 0 Å². The minimum atomic E-state index is -0.739. The minimum Gasteiger partial charge on any atom is -0.504 e. The van der Waals surface area contributed by atoms with Gasteiger partial charge < -0.3 is 14.9 Å². The van der Waals surface area contributed by atoms with E-state index in [0.717, 1.165) is 13.2 Å². The zero-order valence-corrected chi connectivity index (χ0v) is 7.31. The Kier molecular flexibility index (Phi) is 2.58. The molecule has 0 atom stereocenters. The first-order valence-corrected chi connectivity index (χ1v) is 3.65. The number of esters is 1. The molecule has 72 valence electrons. The third-order valence-electron chi connectivity index (χ3n) is 1.67. The molecule has 0 aliphatic rings. The fourth-order valence-electron chi connectivity index (χ4n) is 0.973. The molecule has 5 nitrogen and oxygen atoms in total. The first kappa shape index (κ1) is 9.86. The number of phenols is 2. The van der Waals surface area contributed by atoms with Gasteiger partial charge in [-0.05, 0) is 12.1 Å². The zero-order valence-electron chi connectivity index (χ0n) is 7.31. The minimum absolute atomic E-state index is 0.0784. The van der Waals surface area contributed by atoms with Gasteiger partial charge in [0.1, 0.15) is 11.6 Å². The molecular weight excluding hydrogens is 186 g/mol. The Morgan fingerprint density at radius 2 is 2.14 bits per heavy atom. The third-order valence-corrected chi connectivity index (χ3v) is 1.67. The van der Waals surface area contributed by atoms with Crippen LogP contribution in [0, 0.1) is 11.3 Å². The summed E-state index contributed by atoms with van der Waals surface area (Å²) in [4.78, 5) is 11.1. The van der Waals surface area contributed by atoms with Crippen molar-refractivity contribution in [3.8, 4) is 17.6 Å². The van der Waals surface area contributed by atoms with Crippen LogP contribution in [0.25, 0.3) is 0 Å². The predicted molar refractivity (Wildman–Crippen MR) is 45.8 cm³/mol. The summed E-state index contributed by atoms with van der Waals surface area (Å²) in [5.74, 6) is -1.80. The highest BCUT2D eigenvalue weighted by atomic mass is 16.5. The fraction of sp³-hybridized carbons (Fsp3) is 0.111. The Morgan fingerprint density at radius 1 is 1.50 bits per heavy atom. The third kappa shape index (κ3) is 1.45. The summed E-state index contributed by atoms with van der Waals surface area (Å²) in [5.41, 5.74) is -0.373. The summed E-state index contributed by atoms with van der Waals surface area (Å²) < 4.78 is 4.39. The molecule has 5 heteroatoms. The second-order valence-electron chi connectivity index (χ2n) is 2.46. The summed E-state index contributed by atoms with van der Waals surface area (Å²) in [6.07, 6.45) is 0. The van der Waals surface area contributed by atoms with Crippen LogP contribution in [0.4, 0.5) is 0 Å². The van der Waals surface area contributed by atoms with Gasteiger partial charge in [0.15, 0.2) is 11.5 Å². The molecule has 1 aromatic carbocycles. The highest BCUT2D eigenvalue weighted by Crippen LogP contribution is 2.30. The van der Waals surface area contributed by atoms with Gasteiger partial charge in [0.2, 0.25) is 0 Å². The lowest BCUT2D eigenvalue weighted by Crippen LogP contribution is -2.03. The molecule has 0 radical (unpaired) electrons. The van der Waals surface area contributed by atoms with Gasteiger partial charge in [-0.1, -0.05) is 0 Å². The maximum Gasteiger partial charge on any atom is 0.339 e. The Hall–Kier alpha value is -2.22. The molecule has 0 amide bonds. The van der Waals surface area contributed by atoms with E-state index >= 15 is 0 Å². The van der Waals surface area contributed by atoms with Crippen molar-refractivity contribution in [3.05, 3.63) is 23.3 Å². The number of aromatic hydroxyl groups is 2. The molecule has 0 spiro atoms. The van der Waals surface area contributed by atoms with Crippen molar-refractivity contribution in [3.63, 3.8) is 0 Å². The van der Waals surface area contributed by atoms with Gasteiger partial charge in [-0.2, -0.15) is 5.26 Å². The zero-order chi connectivity index (χ0) is 10.7. The predicted octanol–water partition coefficient (Wildman–Crippen LogP) is 0.756. The number of hydrogen-bond donors (Lipinski definition) is 2. The molecule has 1 aromatic rings. The van der Waals surface area contributed by atoms with E-state index in [2.05, 4.69) is 4.74 Å². The van der Waals surface area contributed by atoms with Gasteiger partial charge in [0.25, 0.3) is 0 Å². The van der Waals surface area contributed by atoms with E-state index in [0.29, 0.717) is 0 Å². The van der Waals surface area contributed by atoms with E-state index in [1.54, 1.807) is 6.07 Å². The molecule has 14 heavy (non-hydrogen) atoms. The number of ether oxygens (including phenoxy) is 1. The number of nitrogens with zero attached hydrogens (tertiary/aromatic N) is 1. The van der Waals surface area contributed by atoms with Crippen molar-refractivity contribution in [2.24, 2.45) is 0 Å². The largest absolute Gasteiger partial charge is 0.504 e. The molecule has 0 unspecified atom stereocenters. The van der Waals surface area contributed by atoms with Gasteiger partial charge in [-0.25, -0.2) is 4.79 Å². The van der Waals surface area contributed by atoms with Crippen LogP contribution in [0.1, 0.15) is 15.9 Å². The van der Waals surface area contributed by atoms with Crippen LogP contribution < -0.4 is 0 Å². The smallest absolute Gasteiger partial charge is 0.339 e. The van der Waals surface area contributed by atoms with Crippen molar-refractivity contribution < 1.29 is 19.7 Å². The Balaban J connectivity index is 3.40. The topological polar surface area (TPSA) is 90.6 Å². The van der Waals surface area contributed by atoms with Crippen molar-refractivity contribution >= 4 is 5.97 Å². The Labute approximate surface area is 79.8 Å². The standard InChI is InChI=1S/C9H7NO4/c1-14-9(13)5-2-3-7(11)8(12)6(5)4-10/h2-3,11-12H,1H3. The lowest BCUT2D eigenvalue weighted by Gasteiger charge is -2.04. The van der Waals surface area contributed by atoms with Gasteiger partial charge in [0, 0.05) is 0 Å². The molecule has 0 saturated heterocycles. The monoisotopic (exact) mass is 193 g/mol. The van der Waals surface area contributed by atoms with Crippen LogP contribution in [-0.4, -0.2) is 23.3 Å². The molecule has 0 heterocycles. The van der Waals surface area contributed by atoms with Gasteiger partial charge >= 0.3 is 5.97 Å². The van der Waals surface area contributed by atoms with Crippen LogP contribution in [0.3, 0.4) is 0 Å². The Morgan fingerprint density at radius 3 is 2.64 bits per heavy atom. The molecule has 0 fully saturated rings. The summed E-state index contributed by atoms with van der Waals surface area (Å²) in [6, 6.07) is 3.93. The van der Waals surface area contributed by atoms with Crippen molar-refractivity contribution in [1.29, 1.82) is 5.26 Å². The number of benzene rings is 1. The summed E-state index contributed by atoms with van der Waals surface area (Å²) in [5, 5.41) is 26.9. The summed E-state index contributed by atoms with van der Waals surface area (Å²) in [6.45, 7) is 0. The highest BCUT2D eigenvalue weighted by molar-refractivity contribution is 5.93. The lowest BCUT2D eigenvalue weighted by molar-refractivity contribution is 0.0600. The van der Waals surface area contributed by atoms with E-state index in [4.69, 9.17) is 10.4 Å². The molecular formula is C9H7NO4. The van der Waals surface area contributed by atoms with E-state index in [1.165, 1.54) is 6.07 Å². The van der Waals surface area contributed by atoms with Crippen LogP contribution in [-0.2, 0) is 4.74 Å². The van der Waals surface area contributed by atoms with Crippen molar-refractivity contribution in [2.45, 2.75) is 0 Å². The van der Waals surface area contributed by atoms with E-state index in [-0.39, 0.29) is 11.1 Å². The number of carbonyl (C=O) groups excluding carboxylic acids is 1. The first-order valence-electron chi connectivity index (χ1n) is 3.65. The normalized spacial score (nSPS) is 9.14. The molecule has 0 aliphatic heterocycles. The number of nitriles is 1. The number of phenolic OH excluding ortho intramolecular Hbond substituents is 2. The van der Waals surface area contributed by atoms with Crippen LogP contribution in [0.5, 0.6) is 11.5 Å². The summed E-state index contributed by atoms with van der Waals surface area (Å²) >= 11 is 0. The molecule has 0 bridgehead atoms. The maximum absolute atomic E-state index is 11.1. The van der Waals surface area contributed by atoms with Gasteiger partial charge in [-0.15, -0.1) is 0 Å². The second kappa shape index (κ2) is 3.66. The van der Waals surface area contributed by atoms with Crippen LogP contribution in [0.2, 0.25) is 0 Å². The quantitative estimate of drug-likeness (QED) is 0.507. The molecule has 0 aliphatic carbocycles. The van der Waals surface area contributed by atoms with E-state index in [9.17, 15) is 9.90 Å². The maximum atomic E-state index is 11.1. The average Bonchev–Trinajstić information content (AvgIpc) is 2.20.